The lowest BCUT2D eigenvalue weighted by atomic mass is 10.1. The van der Waals surface area contributed by atoms with Crippen molar-refractivity contribution in [2.24, 2.45) is 0 Å². The molecule has 0 amide bonds. The fourth-order valence-corrected chi connectivity index (χ4v) is 3.32. The number of hydrogen-bond donors (Lipinski definition) is 0. The number of rotatable bonds is 8. The van der Waals surface area contributed by atoms with E-state index in [1.165, 1.54) is 6.07 Å². The van der Waals surface area contributed by atoms with Gasteiger partial charge in [-0.2, -0.15) is 4.98 Å². The highest BCUT2D eigenvalue weighted by Gasteiger charge is 2.12. The number of carbonyl (C=O) groups is 1. The second kappa shape index (κ2) is 8.75. The Kier molecular flexibility index (Phi) is 6.15. The summed E-state index contributed by atoms with van der Waals surface area (Å²) < 4.78 is 33.2. The zero-order valence-corrected chi connectivity index (χ0v) is 16.1. The van der Waals surface area contributed by atoms with Crippen LogP contribution in [0.15, 0.2) is 53.3 Å². The van der Waals surface area contributed by atoms with Gasteiger partial charge in [-0.25, -0.2) is 13.2 Å². The van der Waals surface area contributed by atoms with E-state index < -0.39 is 15.8 Å². The van der Waals surface area contributed by atoms with Gasteiger partial charge in [-0.1, -0.05) is 17.3 Å². The van der Waals surface area contributed by atoms with Crippen molar-refractivity contribution >= 4 is 15.8 Å². The monoisotopic (exact) mass is 401 g/mol. The molecule has 9 heteroatoms. The molecule has 0 fully saturated rings. The zero-order valence-electron chi connectivity index (χ0n) is 15.2. The summed E-state index contributed by atoms with van der Waals surface area (Å²) in [4.78, 5) is 20.4. The van der Waals surface area contributed by atoms with E-state index in [-0.39, 0.29) is 12.4 Å². The first-order valence-electron chi connectivity index (χ1n) is 8.57. The van der Waals surface area contributed by atoms with Crippen LogP contribution in [0.2, 0.25) is 0 Å². The van der Waals surface area contributed by atoms with Crippen molar-refractivity contribution in [3.8, 4) is 11.4 Å². The first-order valence-corrected chi connectivity index (χ1v) is 10.6. The van der Waals surface area contributed by atoms with Crippen LogP contribution in [0, 0.1) is 0 Å². The van der Waals surface area contributed by atoms with Crippen molar-refractivity contribution < 1.29 is 22.5 Å². The van der Waals surface area contributed by atoms with E-state index in [0.717, 1.165) is 11.8 Å². The molecule has 0 saturated carbocycles. The van der Waals surface area contributed by atoms with E-state index >= 15 is 0 Å². The molecule has 0 unspecified atom stereocenters. The van der Waals surface area contributed by atoms with Gasteiger partial charge < -0.3 is 9.26 Å². The number of pyridine rings is 1. The number of aryl methyl sites for hydroxylation is 1. The molecular weight excluding hydrogens is 382 g/mol. The smallest absolute Gasteiger partial charge is 0.338 e. The Morgan fingerprint density at radius 2 is 2.07 bits per heavy atom. The van der Waals surface area contributed by atoms with Crippen LogP contribution in [0.4, 0.5) is 0 Å². The highest BCUT2D eigenvalue weighted by atomic mass is 32.2. The van der Waals surface area contributed by atoms with E-state index in [0.29, 0.717) is 35.7 Å². The Bertz CT molecular complexity index is 1050. The minimum absolute atomic E-state index is 0.120. The molecule has 0 radical (unpaired) electrons. The molecule has 0 aliphatic carbocycles. The van der Waals surface area contributed by atoms with E-state index in [1.54, 1.807) is 36.7 Å². The number of hydrogen-bond acceptors (Lipinski definition) is 8. The second-order valence-electron chi connectivity index (χ2n) is 6.26. The standard InChI is InChI=1S/C19H19N3O5S/c1-28(24,25)13-14-5-2-6-15(11-14)19(23)26-10-4-8-17-21-18(22-27-17)16-7-3-9-20-12-16/h2-3,5-7,9,11-12H,4,8,10,13H2,1H3. The maximum Gasteiger partial charge on any atom is 0.338 e. The third-order valence-corrected chi connectivity index (χ3v) is 4.61. The van der Waals surface area contributed by atoms with Gasteiger partial charge in [-0.3, -0.25) is 4.98 Å². The number of nitrogens with zero attached hydrogens (tertiary/aromatic N) is 3. The summed E-state index contributed by atoms with van der Waals surface area (Å²) in [5.41, 5.74) is 1.63. The van der Waals surface area contributed by atoms with Crippen molar-refractivity contribution in [3.05, 3.63) is 65.8 Å². The highest BCUT2D eigenvalue weighted by Crippen LogP contribution is 2.14. The predicted octanol–water partition coefficient (Wildman–Crippen LogP) is 2.47. The molecule has 0 spiro atoms. The molecule has 8 nitrogen and oxygen atoms in total. The molecule has 0 N–H and O–H groups in total. The summed E-state index contributed by atoms with van der Waals surface area (Å²) in [7, 11) is -3.17. The first kappa shape index (κ1) is 19.7. The lowest BCUT2D eigenvalue weighted by Gasteiger charge is -2.06. The summed E-state index contributed by atoms with van der Waals surface area (Å²) in [5, 5.41) is 3.90. The summed E-state index contributed by atoms with van der Waals surface area (Å²) in [6, 6.07) is 10.0. The average molecular weight is 401 g/mol. The van der Waals surface area contributed by atoms with Crippen LogP contribution in [-0.2, 0) is 26.7 Å². The quantitative estimate of drug-likeness (QED) is 0.418. The van der Waals surface area contributed by atoms with Gasteiger partial charge >= 0.3 is 5.97 Å². The van der Waals surface area contributed by atoms with Crippen LogP contribution in [0.3, 0.4) is 0 Å². The van der Waals surface area contributed by atoms with Crippen LogP contribution < -0.4 is 0 Å². The van der Waals surface area contributed by atoms with E-state index in [9.17, 15) is 13.2 Å². The topological polar surface area (TPSA) is 112 Å². The molecule has 146 valence electrons. The van der Waals surface area contributed by atoms with Crippen LogP contribution >= 0.6 is 0 Å². The predicted molar refractivity (Wildman–Crippen MR) is 101 cm³/mol. The SMILES string of the molecule is CS(=O)(=O)Cc1cccc(C(=O)OCCCc2nc(-c3cccnc3)no2)c1. The van der Waals surface area contributed by atoms with Crippen LogP contribution in [-0.4, -0.2) is 42.4 Å². The molecule has 28 heavy (non-hydrogen) atoms. The van der Waals surface area contributed by atoms with Gasteiger partial charge in [0, 0.05) is 30.6 Å². The van der Waals surface area contributed by atoms with Gasteiger partial charge in [-0.05, 0) is 36.2 Å². The zero-order chi connectivity index (χ0) is 20.0. The molecule has 0 aliphatic heterocycles. The van der Waals surface area contributed by atoms with Gasteiger partial charge in [0.2, 0.25) is 11.7 Å². The molecule has 1 aromatic carbocycles. The highest BCUT2D eigenvalue weighted by molar-refractivity contribution is 7.89. The maximum atomic E-state index is 12.1. The minimum atomic E-state index is -3.17. The van der Waals surface area contributed by atoms with Crippen molar-refractivity contribution in [1.82, 2.24) is 15.1 Å². The summed E-state index contributed by atoms with van der Waals surface area (Å²) in [6.07, 6.45) is 5.44. The number of ether oxygens (including phenoxy) is 1. The van der Waals surface area contributed by atoms with Crippen molar-refractivity contribution in [2.75, 3.05) is 12.9 Å². The van der Waals surface area contributed by atoms with Crippen LogP contribution in [0.25, 0.3) is 11.4 Å². The van der Waals surface area contributed by atoms with E-state index in [2.05, 4.69) is 15.1 Å². The lowest BCUT2D eigenvalue weighted by Crippen LogP contribution is -2.08. The van der Waals surface area contributed by atoms with Gasteiger partial charge in [0.1, 0.15) is 0 Å². The summed E-state index contributed by atoms with van der Waals surface area (Å²) in [6.45, 7) is 0.180. The number of sulfone groups is 1. The van der Waals surface area contributed by atoms with Crippen molar-refractivity contribution in [3.63, 3.8) is 0 Å². The molecule has 2 heterocycles. The second-order valence-corrected chi connectivity index (χ2v) is 8.40. The Morgan fingerprint density at radius 3 is 2.82 bits per heavy atom. The minimum Gasteiger partial charge on any atom is -0.462 e. The van der Waals surface area contributed by atoms with Gasteiger partial charge in [0.15, 0.2) is 9.84 Å². The third-order valence-electron chi connectivity index (χ3n) is 3.75. The Balaban J connectivity index is 1.48. The van der Waals surface area contributed by atoms with Crippen molar-refractivity contribution in [1.29, 1.82) is 0 Å². The van der Waals surface area contributed by atoms with Gasteiger partial charge in [-0.15, -0.1) is 0 Å². The summed E-state index contributed by atoms with van der Waals surface area (Å²) >= 11 is 0. The van der Waals surface area contributed by atoms with Gasteiger partial charge in [0.25, 0.3) is 0 Å². The number of aromatic nitrogens is 3. The molecule has 0 aliphatic rings. The van der Waals surface area contributed by atoms with Crippen molar-refractivity contribution in [2.45, 2.75) is 18.6 Å². The molecule has 0 bridgehead atoms. The molecule has 2 aromatic heterocycles. The first-order chi connectivity index (χ1) is 13.4. The van der Waals surface area contributed by atoms with Crippen LogP contribution in [0.5, 0.6) is 0 Å². The maximum absolute atomic E-state index is 12.1. The Labute approximate surface area is 162 Å². The molecular formula is C19H19N3O5S. The lowest BCUT2D eigenvalue weighted by molar-refractivity contribution is 0.0498. The number of benzene rings is 1. The molecule has 0 atom stereocenters. The summed E-state index contributed by atoms with van der Waals surface area (Å²) in [5.74, 6) is 0.287. The normalized spacial score (nSPS) is 11.3. The molecule has 3 rings (SSSR count). The van der Waals surface area contributed by atoms with Gasteiger partial charge in [0.05, 0.1) is 17.9 Å². The number of esters is 1. The van der Waals surface area contributed by atoms with Crippen LogP contribution in [0.1, 0.15) is 28.2 Å². The van der Waals surface area contributed by atoms with E-state index in [1.807, 2.05) is 6.07 Å². The average Bonchev–Trinajstić information content (AvgIpc) is 3.13. The third kappa shape index (κ3) is 5.71. The van der Waals surface area contributed by atoms with E-state index in [4.69, 9.17) is 9.26 Å². The Morgan fingerprint density at radius 1 is 1.21 bits per heavy atom. The largest absolute Gasteiger partial charge is 0.462 e. The fraction of sp³-hybridized carbons (Fsp3) is 0.263. The molecule has 0 saturated heterocycles. The molecule has 3 aromatic rings. The fourth-order valence-electron chi connectivity index (χ4n) is 2.53. The Hall–Kier alpha value is -3.07. The number of carbonyl (C=O) groups excluding carboxylic acids is 1.